The Morgan fingerprint density at radius 3 is 2.50 bits per heavy atom. The van der Waals surface area contributed by atoms with Crippen LogP contribution in [0.15, 0.2) is 48.8 Å². The smallest absolute Gasteiger partial charge is 0.422 e. The minimum Gasteiger partial charge on any atom is -0.483 e. The van der Waals surface area contributed by atoms with Crippen molar-refractivity contribution >= 4 is 5.91 Å². The van der Waals surface area contributed by atoms with Crippen LogP contribution < -0.4 is 10.1 Å². The molecule has 4 rings (SSSR count). The normalized spacial score (nSPS) is 14.8. The van der Waals surface area contributed by atoms with Gasteiger partial charge in [0.15, 0.2) is 6.61 Å². The van der Waals surface area contributed by atoms with Crippen molar-refractivity contribution in [3.05, 3.63) is 71.3 Å². The highest BCUT2D eigenvalue weighted by atomic mass is 19.4. The summed E-state index contributed by atoms with van der Waals surface area (Å²) >= 11 is 0. The van der Waals surface area contributed by atoms with E-state index in [9.17, 15) is 18.0 Å². The fourth-order valence-corrected chi connectivity index (χ4v) is 3.33. The van der Waals surface area contributed by atoms with E-state index in [-0.39, 0.29) is 18.1 Å². The molecule has 1 amide bonds. The lowest BCUT2D eigenvalue weighted by atomic mass is 10.1. The molecule has 2 aromatic heterocycles. The van der Waals surface area contributed by atoms with Crippen molar-refractivity contribution < 1.29 is 22.7 Å². The van der Waals surface area contributed by atoms with Gasteiger partial charge in [-0.25, -0.2) is 0 Å². The minimum absolute atomic E-state index is 0.0222. The van der Waals surface area contributed by atoms with E-state index in [0.717, 1.165) is 5.56 Å². The number of ether oxygens (including phenoxy) is 1. The highest BCUT2D eigenvalue weighted by Gasteiger charge is 2.29. The maximum Gasteiger partial charge on any atom is 0.422 e. The third-order valence-electron chi connectivity index (χ3n) is 5.07. The van der Waals surface area contributed by atoms with Gasteiger partial charge in [-0.15, -0.1) is 5.10 Å². The molecule has 0 unspecified atom stereocenters. The molecular weight excluding hydrogens is 423 g/mol. The molecule has 1 N–H and O–H groups in total. The molecule has 1 saturated carbocycles. The summed E-state index contributed by atoms with van der Waals surface area (Å²) in [6.07, 6.45) is 0.998. The van der Waals surface area contributed by atoms with Crippen LogP contribution in [0.1, 0.15) is 47.3 Å². The number of pyridine rings is 1. The molecule has 168 valence electrons. The Kier molecular flexibility index (Phi) is 6.11. The van der Waals surface area contributed by atoms with Gasteiger partial charge in [-0.1, -0.05) is 29.5 Å². The van der Waals surface area contributed by atoms with Crippen molar-refractivity contribution in [2.75, 3.05) is 6.61 Å². The summed E-state index contributed by atoms with van der Waals surface area (Å²) < 4.78 is 43.2. The molecule has 2 heterocycles. The van der Waals surface area contributed by atoms with Crippen molar-refractivity contribution in [2.24, 2.45) is 7.05 Å². The van der Waals surface area contributed by atoms with Gasteiger partial charge in [0.25, 0.3) is 0 Å². The molecule has 1 aliphatic rings. The second-order valence-corrected chi connectivity index (χ2v) is 7.83. The van der Waals surface area contributed by atoms with E-state index in [1.165, 1.54) is 41.4 Å². The Hall–Kier alpha value is -3.43. The van der Waals surface area contributed by atoms with Crippen molar-refractivity contribution in [2.45, 2.75) is 37.4 Å². The standard InChI is InChI=1S/C22H22F3N5O2/c1-30-12-19(28-29-30)21(18-9-8-17(11-26-18)32-13-22(23,24)25)27-20(31)10-14-2-4-15(5-3-14)16-6-7-16/h2-5,8-9,11-12,16,21H,6-7,10,13H2,1H3,(H,27,31)/t21-/m0/s1. The van der Waals surface area contributed by atoms with Crippen LogP contribution in [0.2, 0.25) is 0 Å². The fourth-order valence-electron chi connectivity index (χ4n) is 3.33. The van der Waals surface area contributed by atoms with Gasteiger partial charge in [-0.3, -0.25) is 14.5 Å². The zero-order valence-electron chi connectivity index (χ0n) is 17.3. The molecule has 0 saturated heterocycles. The third kappa shape index (κ3) is 5.83. The van der Waals surface area contributed by atoms with Crippen LogP contribution in [0, 0.1) is 0 Å². The number of hydrogen-bond acceptors (Lipinski definition) is 5. The predicted molar refractivity (Wildman–Crippen MR) is 109 cm³/mol. The van der Waals surface area contributed by atoms with Crippen molar-refractivity contribution in [3.63, 3.8) is 0 Å². The van der Waals surface area contributed by atoms with Crippen LogP contribution in [0.3, 0.4) is 0 Å². The Balaban J connectivity index is 1.46. The van der Waals surface area contributed by atoms with Crippen LogP contribution in [0.5, 0.6) is 5.75 Å². The number of carbonyl (C=O) groups excluding carboxylic acids is 1. The molecule has 3 aromatic rings. The Bertz CT molecular complexity index is 1060. The highest BCUT2D eigenvalue weighted by molar-refractivity contribution is 5.79. The molecule has 1 fully saturated rings. The summed E-state index contributed by atoms with van der Waals surface area (Å²) in [4.78, 5) is 16.9. The molecule has 0 bridgehead atoms. The lowest BCUT2D eigenvalue weighted by molar-refractivity contribution is -0.153. The average Bonchev–Trinajstić information content (AvgIpc) is 3.52. The van der Waals surface area contributed by atoms with Gasteiger partial charge in [0.1, 0.15) is 17.5 Å². The Morgan fingerprint density at radius 2 is 1.94 bits per heavy atom. The molecule has 0 spiro atoms. The second kappa shape index (κ2) is 8.97. The minimum atomic E-state index is -4.44. The van der Waals surface area contributed by atoms with Crippen molar-refractivity contribution in [3.8, 4) is 5.75 Å². The van der Waals surface area contributed by atoms with Gasteiger partial charge < -0.3 is 10.1 Å². The van der Waals surface area contributed by atoms with E-state index in [1.807, 2.05) is 12.1 Å². The largest absolute Gasteiger partial charge is 0.483 e. The first-order valence-corrected chi connectivity index (χ1v) is 10.2. The number of nitrogens with zero attached hydrogens (tertiary/aromatic N) is 4. The molecule has 0 radical (unpaired) electrons. The maximum absolute atomic E-state index is 12.7. The molecule has 1 aromatic carbocycles. The van der Waals surface area contributed by atoms with Crippen LogP contribution in [0.4, 0.5) is 13.2 Å². The van der Waals surface area contributed by atoms with E-state index in [4.69, 9.17) is 4.74 Å². The average molecular weight is 445 g/mol. The fraction of sp³-hybridized carbons (Fsp3) is 0.364. The summed E-state index contributed by atoms with van der Waals surface area (Å²) in [6, 6.07) is 10.2. The predicted octanol–water partition coefficient (Wildman–Crippen LogP) is 3.48. The van der Waals surface area contributed by atoms with E-state index in [0.29, 0.717) is 17.3 Å². The highest BCUT2D eigenvalue weighted by Crippen LogP contribution is 2.39. The number of aromatic nitrogens is 4. The molecule has 7 nitrogen and oxygen atoms in total. The van der Waals surface area contributed by atoms with Gasteiger partial charge in [-0.05, 0) is 42.0 Å². The Labute approximate surface area is 182 Å². The number of hydrogen-bond donors (Lipinski definition) is 1. The third-order valence-corrected chi connectivity index (χ3v) is 5.07. The number of amides is 1. The number of halogens is 3. The number of rotatable bonds is 8. The van der Waals surface area contributed by atoms with Gasteiger partial charge in [0.2, 0.25) is 5.91 Å². The summed E-state index contributed by atoms with van der Waals surface area (Å²) in [5.41, 5.74) is 3.04. The van der Waals surface area contributed by atoms with E-state index >= 15 is 0 Å². The van der Waals surface area contributed by atoms with E-state index in [2.05, 4.69) is 32.7 Å². The number of benzene rings is 1. The molecule has 1 aliphatic carbocycles. The summed E-state index contributed by atoms with van der Waals surface area (Å²) in [7, 11) is 1.69. The zero-order valence-corrected chi connectivity index (χ0v) is 17.3. The van der Waals surface area contributed by atoms with Crippen molar-refractivity contribution in [1.82, 2.24) is 25.3 Å². The molecule has 10 heteroatoms. The molecular formula is C22H22F3N5O2. The Morgan fingerprint density at radius 1 is 1.19 bits per heavy atom. The second-order valence-electron chi connectivity index (χ2n) is 7.83. The lowest BCUT2D eigenvalue weighted by Crippen LogP contribution is -2.31. The van der Waals surface area contributed by atoms with Gasteiger partial charge in [-0.2, -0.15) is 13.2 Å². The zero-order chi connectivity index (χ0) is 22.7. The lowest BCUT2D eigenvalue weighted by Gasteiger charge is -2.17. The number of aryl methyl sites for hydroxylation is 1. The first kappa shape index (κ1) is 21.8. The number of nitrogens with one attached hydrogen (secondary N) is 1. The van der Waals surface area contributed by atoms with Gasteiger partial charge in [0, 0.05) is 7.05 Å². The monoisotopic (exact) mass is 445 g/mol. The quantitative estimate of drug-likeness (QED) is 0.574. The summed E-state index contributed by atoms with van der Waals surface area (Å²) in [5.74, 6) is 0.387. The number of carbonyl (C=O) groups is 1. The topological polar surface area (TPSA) is 81.9 Å². The van der Waals surface area contributed by atoms with E-state index < -0.39 is 18.8 Å². The number of alkyl halides is 3. The summed E-state index contributed by atoms with van der Waals surface area (Å²) in [5, 5.41) is 10.9. The first-order chi connectivity index (χ1) is 15.3. The van der Waals surface area contributed by atoms with E-state index in [1.54, 1.807) is 13.2 Å². The van der Waals surface area contributed by atoms with Crippen LogP contribution in [0.25, 0.3) is 0 Å². The van der Waals surface area contributed by atoms with Crippen LogP contribution in [-0.4, -0.2) is 38.7 Å². The first-order valence-electron chi connectivity index (χ1n) is 10.2. The maximum atomic E-state index is 12.7. The van der Waals surface area contributed by atoms with Crippen LogP contribution >= 0.6 is 0 Å². The molecule has 1 atom stereocenters. The SMILES string of the molecule is Cn1cc([C@@H](NC(=O)Cc2ccc(C3CC3)cc2)c2ccc(OCC(F)(F)F)cn2)nn1. The van der Waals surface area contributed by atoms with Crippen molar-refractivity contribution in [1.29, 1.82) is 0 Å². The molecule has 32 heavy (non-hydrogen) atoms. The van der Waals surface area contributed by atoms with Crippen LogP contribution in [-0.2, 0) is 18.3 Å². The van der Waals surface area contributed by atoms with Gasteiger partial charge in [0.05, 0.1) is 24.5 Å². The summed E-state index contributed by atoms with van der Waals surface area (Å²) in [6.45, 7) is -1.40. The molecule has 0 aliphatic heterocycles. The van der Waals surface area contributed by atoms with Gasteiger partial charge >= 0.3 is 6.18 Å².